The van der Waals surface area contributed by atoms with Crippen LogP contribution in [0.15, 0.2) is 30.3 Å². The van der Waals surface area contributed by atoms with Crippen LogP contribution >= 0.6 is 0 Å². The van der Waals surface area contributed by atoms with E-state index in [0.717, 1.165) is 39.1 Å². The Bertz CT molecular complexity index is 539. The lowest BCUT2D eigenvalue weighted by atomic mass is 10.0. The van der Waals surface area contributed by atoms with Gasteiger partial charge in [-0.3, -0.25) is 14.6 Å². The Labute approximate surface area is 146 Å². The number of hydrogen-bond donors (Lipinski definition) is 0. The SMILES string of the molecule is CC[C@H](c1ccccc1)N1C[C@@H](C)[C@@H](N2CCN(C(C)=O)CC2)C1. The van der Waals surface area contributed by atoms with E-state index < -0.39 is 0 Å². The first-order chi connectivity index (χ1) is 11.6. The Balaban J connectivity index is 1.63. The topological polar surface area (TPSA) is 26.8 Å². The van der Waals surface area contributed by atoms with Crippen LogP contribution in [0.1, 0.15) is 38.8 Å². The molecule has 0 N–H and O–H groups in total. The van der Waals surface area contributed by atoms with Gasteiger partial charge in [-0.15, -0.1) is 0 Å². The summed E-state index contributed by atoms with van der Waals surface area (Å²) in [5.74, 6) is 0.900. The summed E-state index contributed by atoms with van der Waals surface area (Å²) in [6.45, 7) is 12.5. The molecule has 2 fully saturated rings. The molecular weight excluding hydrogens is 298 g/mol. The van der Waals surface area contributed by atoms with E-state index in [2.05, 4.69) is 54.0 Å². The molecule has 0 aromatic heterocycles. The number of likely N-dealkylation sites (tertiary alicyclic amines) is 1. The Morgan fingerprint density at radius 2 is 1.79 bits per heavy atom. The van der Waals surface area contributed by atoms with Gasteiger partial charge in [-0.05, 0) is 17.9 Å². The van der Waals surface area contributed by atoms with Crippen LogP contribution in [0.4, 0.5) is 0 Å². The third-order valence-corrected chi connectivity index (χ3v) is 5.84. The molecule has 1 aromatic rings. The largest absolute Gasteiger partial charge is 0.340 e. The van der Waals surface area contributed by atoms with Crippen molar-refractivity contribution in [2.24, 2.45) is 5.92 Å². The van der Waals surface area contributed by atoms with Crippen molar-refractivity contribution in [2.75, 3.05) is 39.3 Å². The van der Waals surface area contributed by atoms with Crippen LogP contribution in [0.2, 0.25) is 0 Å². The summed E-state index contributed by atoms with van der Waals surface area (Å²) in [7, 11) is 0. The van der Waals surface area contributed by atoms with Crippen LogP contribution in [-0.4, -0.2) is 65.9 Å². The number of amides is 1. The molecule has 3 rings (SSSR count). The van der Waals surface area contributed by atoms with E-state index in [9.17, 15) is 4.79 Å². The number of benzene rings is 1. The molecule has 2 aliphatic heterocycles. The number of carbonyl (C=O) groups is 1. The normalized spacial score (nSPS) is 27.4. The van der Waals surface area contributed by atoms with Crippen LogP contribution in [0.5, 0.6) is 0 Å². The second kappa shape index (κ2) is 7.66. The van der Waals surface area contributed by atoms with Crippen LogP contribution in [0, 0.1) is 5.92 Å². The molecule has 3 atom stereocenters. The van der Waals surface area contributed by atoms with Crippen molar-refractivity contribution in [3.05, 3.63) is 35.9 Å². The van der Waals surface area contributed by atoms with Gasteiger partial charge >= 0.3 is 0 Å². The lowest BCUT2D eigenvalue weighted by Gasteiger charge is -2.39. The van der Waals surface area contributed by atoms with Gasteiger partial charge in [0.15, 0.2) is 0 Å². The fraction of sp³-hybridized carbons (Fsp3) is 0.650. The van der Waals surface area contributed by atoms with Crippen LogP contribution in [-0.2, 0) is 4.79 Å². The average molecular weight is 329 g/mol. The Morgan fingerprint density at radius 3 is 2.38 bits per heavy atom. The van der Waals surface area contributed by atoms with Crippen molar-refractivity contribution in [2.45, 2.75) is 39.3 Å². The van der Waals surface area contributed by atoms with Gasteiger partial charge in [-0.1, -0.05) is 44.2 Å². The van der Waals surface area contributed by atoms with Crippen LogP contribution in [0.25, 0.3) is 0 Å². The molecule has 0 bridgehead atoms. The van der Waals surface area contributed by atoms with Crippen LogP contribution in [0.3, 0.4) is 0 Å². The molecule has 132 valence electrons. The van der Waals surface area contributed by atoms with Gasteiger partial charge in [0.1, 0.15) is 0 Å². The summed E-state index contributed by atoms with van der Waals surface area (Å²) in [6.07, 6.45) is 1.15. The number of rotatable bonds is 4. The number of carbonyl (C=O) groups excluding carboxylic acids is 1. The Hall–Kier alpha value is -1.39. The molecule has 0 radical (unpaired) electrons. The summed E-state index contributed by atoms with van der Waals surface area (Å²) >= 11 is 0. The molecule has 0 spiro atoms. The minimum Gasteiger partial charge on any atom is -0.340 e. The van der Waals surface area contributed by atoms with Gasteiger partial charge in [0, 0.05) is 58.3 Å². The molecule has 2 heterocycles. The third-order valence-electron chi connectivity index (χ3n) is 5.84. The van der Waals surface area contributed by atoms with E-state index in [1.54, 1.807) is 6.92 Å². The second-order valence-electron chi connectivity index (χ2n) is 7.38. The van der Waals surface area contributed by atoms with E-state index in [1.807, 2.05) is 4.90 Å². The number of nitrogens with zero attached hydrogens (tertiary/aromatic N) is 3. The van der Waals surface area contributed by atoms with Crippen LogP contribution < -0.4 is 0 Å². The number of piperazine rings is 1. The minimum absolute atomic E-state index is 0.214. The molecule has 0 saturated carbocycles. The monoisotopic (exact) mass is 329 g/mol. The van der Waals surface area contributed by atoms with Gasteiger partial charge in [0.05, 0.1) is 0 Å². The van der Waals surface area contributed by atoms with Gasteiger partial charge in [-0.25, -0.2) is 0 Å². The molecule has 0 aliphatic carbocycles. The minimum atomic E-state index is 0.214. The van der Waals surface area contributed by atoms with E-state index >= 15 is 0 Å². The molecule has 1 aromatic carbocycles. The second-order valence-corrected chi connectivity index (χ2v) is 7.38. The molecule has 1 amide bonds. The first-order valence-electron chi connectivity index (χ1n) is 9.38. The molecule has 24 heavy (non-hydrogen) atoms. The van der Waals surface area contributed by atoms with Crippen molar-refractivity contribution >= 4 is 5.91 Å². The number of hydrogen-bond acceptors (Lipinski definition) is 3. The molecular formula is C20H31N3O. The van der Waals surface area contributed by atoms with Gasteiger partial charge in [0.2, 0.25) is 5.91 Å². The summed E-state index contributed by atoms with van der Waals surface area (Å²) in [4.78, 5) is 18.8. The van der Waals surface area contributed by atoms with Gasteiger partial charge in [-0.2, -0.15) is 0 Å². The van der Waals surface area contributed by atoms with E-state index in [0.29, 0.717) is 18.0 Å². The summed E-state index contributed by atoms with van der Waals surface area (Å²) < 4.78 is 0. The zero-order valence-corrected chi connectivity index (χ0v) is 15.3. The maximum Gasteiger partial charge on any atom is 0.219 e. The van der Waals surface area contributed by atoms with E-state index in [-0.39, 0.29) is 5.91 Å². The molecule has 2 aliphatic rings. The van der Waals surface area contributed by atoms with Crippen molar-refractivity contribution in [3.8, 4) is 0 Å². The Kier molecular flexibility index (Phi) is 5.57. The average Bonchev–Trinajstić information content (AvgIpc) is 2.98. The highest BCUT2D eigenvalue weighted by Crippen LogP contribution is 2.32. The summed E-state index contributed by atoms with van der Waals surface area (Å²) in [5.41, 5.74) is 1.44. The smallest absolute Gasteiger partial charge is 0.219 e. The van der Waals surface area contributed by atoms with Crippen molar-refractivity contribution in [1.29, 1.82) is 0 Å². The van der Waals surface area contributed by atoms with E-state index in [1.165, 1.54) is 12.1 Å². The molecule has 0 unspecified atom stereocenters. The van der Waals surface area contributed by atoms with Gasteiger partial charge in [0.25, 0.3) is 0 Å². The molecule has 2 saturated heterocycles. The fourth-order valence-electron chi connectivity index (χ4n) is 4.46. The predicted molar refractivity (Wildman–Crippen MR) is 97.8 cm³/mol. The highest BCUT2D eigenvalue weighted by molar-refractivity contribution is 5.73. The zero-order chi connectivity index (χ0) is 17.1. The third kappa shape index (κ3) is 3.65. The lowest BCUT2D eigenvalue weighted by molar-refractivity contribution is -0.130. The van der Waals surface area contributed by atoms with Crippen molar-refractivity contribution < 1.29 is 4.79 Å². The Morgan fingerprint density at radius 1 is 1.12 bits per heavy atom. The van der Waals surface area contributed by atoms with E-state index in [4.69, 9.17) is 0 Å². The van der Waals surface area contributed by atoms with Crippen molar-refractivity contribution in [1.82, 2.24) is 14.7 Å². The van der Waals surface area contributed by atoms with Crippen molar-refractivity contribution in [3.63, 3.8) is 0 Å². The zero-order valence-electron chi connectivity index (χ0n) is 15.3. The summed E-state index contributed by atoms with van der Waals surface area (Å²) in [6, 6.07) is 12.1. The highest BCUT2D eigenvalue weighted by atomic mass is 16.2. The first kappa shape index (κ1) is 17.4. The molecule has 4 heteroatoms. The maximum atomic E-state index is 11.5. The molecule has 4 nitrogen and oxygen atoms in total. The summed E-state index contributed by atoms with van der Waals surface area (Å²) in [5, 5.41) is 0. The predicted octanol–water partition coefficient (Wildman–Crippen LogP) is 2.62. The lowest BCUT2D eigenvalue weighted by Crippen LogP contribution is -2.53. The standard InChI is InChI=1S/C20H31N3O/c1-4-19(18-8-6-5-7-9-18)23-14-16(2)20(15-23)22-12-10-21(11-13-22)17(3)24/h5-9,16,19-20H,4,10-15H2,1-3H3/t16-,19-,20+/m1/s1. The fourth-order valence-corrected chi connectivity index (χ4v) is 4.46. The quantitative estimate of drug-likeness (QED) is 0.850. The first-order valence-corrected chi connectivity index (χ1v) is 9.38. The highest BCUT2D eigenvalue weighted by Gasteiger charge is 2.37. The van der Waals surface area contributed by atoms with Gasteiger partial charge < -0.3 is 4.90 Å². The maximum absolute atomic E-state index is 11.5.